The van der Waals surface area contributed by atoms with Gasteiger partial charge in [0, 0.05) is 13.1 Å². The molecule has 0 atom stereocenters. The summed E-state index contributed by atoms with van der Waals surface area (Å²) in [5.41, 5.74) is 2.53. The SMILES string of the molecule is CCC1CCN(c2cncc(NN)n2)CC1. The molecule has 1 aliphatic rings. The average molecular weight is 221 g/mol. The molecule has 1 saturated heterocycles. The molecule has 1 aromatic heterocycles. The fraction of sp³-hybridized carbons (Fsp3) is 0.636. The number of nitrogen functional groups attached to an aromatic ring is 1. The van der Waals surface area contributed by atoms with Crippen molar-refractivity contribution in [2.75, 3.05) is 23.4 Å². The molecule has 0 spiro atoms. The van der Waals surface area contributed by atoms with Crippen LogP contribution in [0.3, 0.4) is 0 Å². The highest BCUT2D eigenvalue weighted by molar-refractivity contribution is 5.43. The summed E-state index contributed by atoms with van der Waals surface area (Å²) in [4.78, 5) is 10.8. The van der Waals surface area contributed by atoms with E-state index in [2.05, 4.69) is 27.2 Å². The normalized spacial score (nSPS) is 17.5. The average Bonchev–Trinajstić information content (AvgIpc) is 2.39. The van der Waals surface area contributed by atoms with E-state index in [-0.39, 0.29) is 0 Å². The molecule has 2 heterocycles. The summed E-state index contributed by atoms with van der Waals surface area (Å²) in [6, 6.07) is 0. The third-order valence-electron chi connectivity index (χ3n) is 3.29. The Hall–Kier alpha value is -1.36. The largest absolute Gasteiger partial charge is 0.355 e. The molecule has 5 nitrogen and oxygen atoms in total. The van der Waals surface area contributed by atoms with E-state index in [1.165, 1.54) is 19.3 Å². The lowest BCUT2D eigenvalue weighted by Gasteiger charge is -2.32. The molecular formula is C11H19N5. The van der Waals surface area contributed by atoms with E-state index in [4.69, 9.17) is 5.84 Å². The highest BCUT2D eigenvalue weighted by Gasteiger charge is 2.18. The van der Waals surface area contributed by atoms with Crippen LogP contribution in [0.2, 0.25) is 0 Å². The first-order chi connectivity index (χ1) is 7.83. The van der Waals surface area contributed by atoms with Crippen molar-refractivity contribution in [2.24, 2.45) is 11.8 Å². The first-order valence-electron chi connectivity index (χ1n) is 5.87. The number of hydrogen-bond donors (Lipinski definition) is 2. The van der Waals surface area contributed by atoms with Crippen LogP contribution in [0.15, 0.2) is 12.4 Å². The summed E-state index contributed by atoms with van der Waals surface area (Å²) in [7, 11) is 0. The number of hydrazine groups is 1. The topological polar surface area (TPSA) is 67.1 Å². The maximum Gasteiger partial charge on any atom is 0.160 e. The molecule has 1 fully saturated rings. The van der Waals surface area contributed by atoms with Crippen LogP contribution < -0.4 is 16.2 Å². The second-order valence-corrected chi connectivity index (χ2v) is 4.25. The summed E-state index contributed by atoms with van der Waals surface area (Å²) in [6.45, 7) is 4.40. The monoisotopic (exact) mass is 221 g/mol. The van der Waals surface area contributed by atoms with Crippen molar-refractivity contribution in [3.05, 3.63) is 12.4 Å². The number of nitrogens with two attached hydrogens (primary N) is 1. The van der Waals surface area contributed by atoms with Gasteiger partial charge >= 0.3 is 0 Å². The minimum Gasteiger partial charge on any atom is -0.355 e. The van der Waals surface area contributed by atoms with Crippen molar-refractivity contribution in [2.45, 2.75) is 26.2 Å². The molecular weight excluding hydrogens is 202 g/mol. The minimum atomic E-state index is 0.620. The standard InChI is InChI=1S/C11H19N5/c1-2-9-3-5-16(6-4-9)11-8-13-7-10(14-11)15-12/h7-9H,2-6,12H2,1H3,(H,14,15). The van der Waals surface area contributed by atoms with E-state index in [1.807, 2.05) is 0 Å². The first-order valence-corrected chi connectivity index (χ1v) is 5.87. The van der Waals surface area contributed by atoms with Crippen LogP contribution in [0.4, 0.5) is 11.6 Å². The lowest BCUT2D eigenvalue weighted by Crippen LogP contribution is -2.34. The Morgan fingerprint density at radius 2 is 2.19 bits per heavy atom. The van der Waals surface area contributed by atoms with Gasteiger partial charge in [-0.05, 0) is 18.8 Å². The van der Waals surface area contributed by atoms with E-state index in [1.54, 1.807) is 12.4 Å². The molecule has 16 heavy (non-hydrogen) atoms. The van der Waals surface area contributed by atoms with Gasteiger partial charge < -0.3 is 10.3 Å². The van der Waals surface area contributed by atoms with Gasteiger partial charge in [0.05, 0.1) is 12.4 Å². The third-order valence-corrected chi connectivity index (χ3v) is 3.29. The molecule has 1 aromatic rings. The molecule has 0 amide bonds. The molecule has 0 aliphatic carbocycles. The quantitative estimate of drug-likeness (QED) is 0.596. The molecule has 0 saturated carbocycles. The van der Waals surface area contributed by atoms with Crippen LogP contribution in [0.5, 0.6) is 0 Å². The van der Waals surface area contributed by atoms with Gasteiger partial charge in [-0.1, -0.05) is 13.3 Å². The van der Waals surface area contributed by atoms with Gasteiger partial charge in [-0.25, -0.2) is 10.8 Å². The van der Waals surface area contributed by atoms with E-state index in [0.717, 1.165) is 24.8 Å². The fourth-order valence-electron chi connectivity index (χ4n) is 2.15. The Labute approximate surface area is 96.0 Å². The van der Waals surface area contributed by atoms with E-state index >= 15 is 0 Å². The molecule has 5 heteroatoms. The lowest BCUT2D eigenvalue weighted by atomic mass is 9.94. The van der Waals surface area contributed by atoms with Crippen molar-refractivity contribution < 1.29 is 0 Å². The van der Waals surface area contributed by atoms with Crippen LogP contribution in [-0.2, 0) is 0 Å². The fourth-order valence-corrected chi connectivity index (χ4v) is 2.15. The number of nitrogens with one attached hydrogen (secondary N) is 1. The van der Waals surface area contributed by atoms with Crippen LogP contribution in [0.1, 0.15) is 26.2 Å². The van der Waals surface area contributed by atoms with E-state index in [9.17, 15) is 0 Å². The molecule has 2 rings (SSSR count). The molecule has 0 unspecified atom stereocenters. The highest BCUT2D eigenvalue weighted by Crippen LogP contribution is 2.23. The predicted molar refractivity (Wildman–Crippen MR) is 65.1 cm³/mol. The summed E-state index contributed by atoms with van der Waals surface area (Å²) >= 11 is 0. The number of rotatable bonds is 3. The molecule has 1 aliphatic heterocycles. The van der Waals surface area contributed by atoms with Gasteiger partial charge in [0.1, 0.15) is 5.82 Å². The maximum atomic E-state index is 5.32. The Kier molecular flexibility index (Phi) is 3.56. The lowest BCUT2D eigenvalue weighted by molar-refractivity contribution is 0.393. The zero-order valence-corrected chi connectivity index (χ0v) is 9.69. The molecule has 0 bridgehead atoms. The Morgan fingerprint density at radius 1 is 1.44 bits per heavy atom. The summed E-state index contributed by atoms with van der Waals surface area (Å²) in [5.74, 6) is 7.74. The number of anilines is 2. The molecule has 0 radical (unpaired) electrons. The van der Waals surface area contributed by atoms with Crippen molar-refractivity contribution >= 4 is 11.6 Å². The van der Waals surface area contributed by atoms with Gasteiger partial charge in [0.25, 0.3) is 0 Å². The van der Waals surface area contributed by atoms with Crippen LogP contribution in [-0.4, -0.2) is 23.1 Å². The number of nitrogens with zero attached hydrogens (tertiary/aromatic N) is 3. The zero-order valence-electron chi connectivity index (χ0n) is 9.69. The number of aromatic nitrogens is 2. The predicted octanol–water partition coefficient (Wildman–Crippen LogP) is 1.39. The molecule has 0 aromatic carbocycles. The van der Waals surface area contributed by atoms with Gasteiger partial charge in [-0.15, -0.1) is 0 Å². The van der Waals surface area contributed by atoms with E-state index in [0.29, 0.717) is 5.82 Å². The zero-order chi connectivity index (χ0) is 11.4. The van der Waals surface area contributed by atoms with Crippen molar-refractivity contribution in [3.63, 3.8) is 0 Å². The smallest absolute Gasteiger partial charge is 0.160 e. The molecule has 88 valence electrons. The second kappa shape index (κ2) is 5.12. The summed E-state index contributed by atoms with van der Waals surface area (Å²) in [6.07, 6.45) is 7.20. The first kappa shape index (κ1) is 11.1. The van der Waals surface area contributed by atoms with Gasteiger partial charge in [-0.2, -0.15) is 0 Å². The summed E-state index contributed by atoms with van der Waals surface area (Å²) < 4.78 is 0. The molecule has 3 N–H and O–H groups in total. The van der Waals surface area contributed by atoms with Crippen molar-refractivity contribution in [3.8, 4) is 0 Å². The maximum absolute atomic E-state index is 5.32. The van der Waals surface area contributed by atoms with E-state index < -0.39 is 0 Å². The Balaban J connectivity index is 2.02. The van der Waals surface area contributed by atoms with Crippen LogP contribution >= 0.6 is 0 Å². The summed E-state index contributed by atoms with van der Waals surface area (Å²) in [5, 5.41) is 0. The van der Waals surface area contributed by atoms with Crippen molar-refractivity contribution in [1.82, 2.24) is 9.97 Å². The number of piperidine rings is 1. The van der Waals surface area contributed by atoms with Gasteiger partial charge in [0.2, 0.25) is 0 Å². The van der Waals surface area contributed by atoms with Gasteiger partial charge in [-0.3, -0.25) is 4.98 Å². The highest BCUT2D eigenvalue weighted by atomic mass is 15.3. The van der Waals surface area contributed by atoms with Crippen molar-refractivity contribution in [1.29, 1.82) is 0 Å². The van der Waals surface area contributed by atoms with Crippen LogP contribution in [0, 0.1) is 5.92 Å². The van der Waals surface area contributed by atoms with Crippen LogP contribution in [0.25, 0.3) is 0 Å². The minimum absolute atomic E-state index is 0.620. The third kappa shape index (κ3) is 2.41. The Morgan fingerprint density at radius 3 is 2.81 bits per heavy atom. The van der Waals surface area contributed by atoms with Gasteiger partial charge in [0.15, 0.2) is 5.82 Å². The Bertz CT molecular complexity index is 333. The number of hydrogen-bond acceptors (Lipinski definition) is 5. The second-order valence-electron chi connectivity index (χ2n) is 4.25.